The standard InChI is InChI=1S/C17H19NO3/c1-18(12-13-21-14-8-4-3-5-9-14)16-11-7-6-10-15(16)17(19)20-2/h3-11H,12-13H2,1-2H3. The Labute approximate surface area is 124 Å². The molecule has 4 heteroatoms. The van der Waals surface area contributed by atoms with Gasteiger partial charge in [-0.15, -0.1) is 0 Å². The van der Waals surface area contributed by atoms with Crippen molar-refractivity contribution in [3.8, 4) is 5.75 Å². The molecular weight excluding hydrogens is 266 g/mol. The Morgan fingerprint density at radius 2 is 1.71 bits per heavy atom. The first kappa shape index (κ1) is 14.9. The predicted octanol–water partition coefficient (Wildman–Crippen LogP) is 2.99. The fraction of sp³-hybridized carbons (Fsp3) is 0.235. The van der Waals surface area contributed by atoms with E-state index in [-0.39, 0.29) is 5.97 Å². The Morgan fingerprint density at radius 1 is 1.05 bits per heavy atom. The molecule has 0 saturated heterocycles. The zero-order valence-corrected chi connectivity index (χ0v) is 12.3. The third kappa shape index (κ3) is 3.99. The molecule has 0 aliphatic rings. The van der Waals surface area contributed by atoms with Crippen LogP contribution in [0.25, 0.3) is 0 Å². The smallest absolute Gasteiger partial charge is 0.339 e. The van der Waals surface area contributed by atoms with E-state index in [4.69, 9.17) is 9.47 Å². The van der Waals surface area contributed by atoms with E-state index in [0.29, 0.717) is 18.7 Å². The molecule has 0 aliphatic carbocycles. The number of likely N-dealkylation sites (N-methyl/N-ethyl adjacent to an activating group) is 1. The summed E-state index contributed by atoms with van der Waals surface area (Å²) in [6.07, 6.45) is 0. The van der Waals surface area contributed by atoms with Crippen molar-refractivity contribution in [3.63, 3.8) is 0 Å². The maximum absolute atomic E-state index is 11.8. The first-order valence-electron chi connectivity index (χ1n) is 6.78. The van der Waals surface area contributed by atoms with Gasteiger partial charge in [-0.25, -0.2) is 4.79 Å². The van der Waals surface area contributed by atoms with E-state index in [0.717, 1.165) is 11.4 Å². The Balaban J connectivity index is 1.97. The molecule has 0 aliphatic heterocycles. The van der Waals surface area contributed by atoms with Crippen LogP contribution in [-0.2, 0) is 4.74 Å². The van der Waals surface area contributed by atoms with Crippen molar-refractivity contribution in [2.24, 2.45) is 0 Å². The number of hydrogen-bond donors (Lipinski definition) is 0. The van der Waals surface area contributed by atoms with Crippen LogP contribution in [0.15, 0.2) is 54.6 Å². The van der Waals surface area contributed by atoms with Gasteiger partial charge in [-0.1, -0.05) is 30.3 Å². The maximum Gasteiger partial charge on any atom is 0.339 e. The van der Waals surface area contributed by atoms with Gasteiger partial charge in [0.25, 0.3) is 0 Å². The van der Waals surface area contributed by atoms with Gasteiger partial charge in [0.2, 0.25) is 0 Å². The van der Waals surface area contributed by atoms with Gasteiger partial charge >= 0.3 is 5.97 Å². The molecule has 110 valence electrons. The fourth-order valence-corrected chi connectivity index (χ4v) is 2.03. The molecule has 2 aromatic carbocycles. The summed E-state index contributed by atoms with van der Waals surface area (Å²) in [6.45, 7) is 1.21. The van der Waals surface area contributed by atoms with Gasteiger partial charge in [0.1, 0.15) is 12.4 Å². The SMILES string of the molecule is COC(=O)c1ccccc1N(C)CCOc1ccccc1. The Kier molecular flexibility index (Phi) is 5.21. The molecule has 0 radical (unpaired) electrons. The second-order valence-electron chi connectivity index (χ2n) is 4.59. The molecule has 0 unspecified atom stereocenters. The van der Waals surface area contributed by atoms with Crippen molar-refractivity contribution >= 4 is 11.7 Å². The van der Waals surface area contributed by atoms with E-state index in [1.807, 2.05) is 60.5 Å². The zero-order valence-electron chi connectivity index (χ0n) is 12.3. The molecule has 2 rings (SSSR count). The van der Waals surface area contributed by atoms with E-state index in [2.05, 4.69) is 0 Å². The number of nitrogens with zero attached hydrogens (tertiary/aromatic N) is 1. The summed E-state index contributed by atoms with van der Waals surface area (Å²) in [4.78, 5) is 13.7. The van der Waals surface area contributed by atoms with Crippen LogP contribution in [0.1, 0.15) is 10.4 Å². The van der Waals surface area contributed by atoms with E-state index >= 15 is 0 Å². The summed E-state index contributed by atoms with van der Waals surface area (Å²) in [6, 6.07) is 17.0. The van der Waals surface area contributed by atoms with Crippen LogP contribution < -0.4 is 9.64 Å². The largest absolute Gasteiger partial charge is 0.492 e. The lowest BCUT2D eigenvalue weighted by atomic mass is 10.1. The number of carbonyl (C=O) groups excluding carboxylic acids is 1. The topological polar surface area (TPSA) is 38.8 Å². The molecule has 0 atom stereocenters. The van der Waals surface area contributed by atoms with Gasteiger partial charge in [-0.2, -0.15) is 0 Å². The minimum atomic E-state index is -0.332. The van der Waals surface area contributed by atoms with Crippen molar-refractivity contribution in [1.82, 2.24) is 0 Å². The summed E-state index contributed by atoms with van der Waals surface area (Å²) in [5, 5.41) is 0. The number of ether oxygens (including phenoxy) is 2. The number of rotatable bonds is 6. The number of anilines is 1. The summed E-state index contributed by atoms with van der Waals surface area (Å²) in [5.41, 5.74) is 1.39. The number of benzene rings is 2. The third-order valence-electron chi connectivity index (χ3n) is 3.16. The van der Waals surface area contributed by atoms with Crippen LogP contribution >= 0.6 is 0 Å². The first-order chi connectivity index (χ1) is 10.2. The van der Waals surface area contributed by atoms with Gasteiger partial charge in [0.15, 0.2) is 0 Å². The highest BCUT2D eigenvalue weighted by molar-refractivity contribution is 5.95. The highest BCUT2D eigenvalue weighted by Gasteiger charge is 2.13. The lowest BCUT2D eigenvalue weighted by Crippen LogP contribution is -2.25. The van der Waals surface area contributed by atoms with Crippen LogP contribution in [0.4, 0.5) is 5.69 Å². The predicted molar refractivity (Wildman–Crippen MR) is 83.0 cm³/mol. The van der Waals surface area contributed by atoms with Gasteiger partial charge in [0.05, 0.1) is 24.9 Å². The molecule has 0 saturated carbocycles. The van der Waals surface area contributed by atoms with Crippen LogP contribution in [0.3, 0.4) is 0 Å². The molecule has 0 amide bonds. The molecule has 0 bridgehead atoms. The molecule has 0 aromatic heterocycles. The van der Waals surface area contributed by atoms with Crippen molar-refractivity contribution in [2.45, 2.75) is 0 Å². The average molecular weight is 285 g/mol. The number of methoxy groups -OCH3 is 1. The summed E-state index contributed by atoms with van der Waals surface area (Å²) in [7, 11) is 3.31. The number of carbonyl (C=O) groups is 1. The minimum Gasteiger partial charge on any atom is -0.492 e. The highest BCUT2D eigenvalue weighted by atomic mass is 16.5. The van der Waals surface area contributed by atoms with Crippen molar-refractivity contribution in [2.75, 3.05) is 32.2 Å². The lowest BCUT2D eigenvalue weighted by molar-refractivity contribution is 0.0601. The quantitative estimate of drug-likeness (QED) is 0.765. The third-order valence-corrected chi connectivity index (χ3v) is 3.16. The maximum atomic E-state index is 11.8. The molecule has 0 spiro atoms. The fourth-order valence-electron chi connectivity index (χ4n) is 2.03. The summed E-state index contributed by atoms with van der Waals surface area (Å²) < 4.78 is 10.5. The van der Waals surface area contributed by atoms with Gasteiger partial charge in [-0.3, -0.25) is 0 Å². The Hall–Kier alpha value is -2.49. The molecule has 0 N–H and O–H groups in total. The molecule has 21 heavy (non-hydrogen) atoms. The first-order valence-corrected chi connectivity index (χ1v) is 6.78. The van der Waals surface area contributed by atoms with E-state index in [1.165, 1.54) is 7.11 Å². The Bertz CT molecular complexity index is 584. The minimum absolute atomic E-state index is 0.332. The number of esters is 1. The van der Waals surface area contributed by atoms with E-state index in [1.54, 1.807) is 6.07 Å². The van der Waals surface area contributed by atoms with Crippen molar-refractivity contribution in [3.05, 3.63) is 60.2 Å². The number of para-hydroxylation sites is 2. The second-order valence-corrected chi connectivity index (χ2v) is 4.59. The normalized spacial score (nSPS) is 10.0. The number of hydrogen-bond acceptors (Lipinski definition) is 4. The second kappa shape index (κ2) is 7.33. The van der Waals surface area contributed by atoms with Gasteiger partial charge in [-0.05, 0) is 24.3 Å². The molecule has 0 heterocycles. The van der Waals surface area contributed by atoms with Crippen molar-refractivity contribution in [1.29, 1.82) is 0 Å². The van der Waals surface area contributed by atoms with Crippen LogP contribution in [0.2, 0.25) is 0 Å². The van der Waals surface area contributed by atoms with Gasteiger partial charge < -0.3 is 14.4 Å². The van der Waals surface area contributed by atoms with Crippen molar-refractivity contribution < 1.29 is 14.3 Å². The van der Waals surface area contributed by atoms with Crippen LogP contribution in [0, 0.1) is 0 Å². The van der Waals surface area contributed by atoms with Gasteiger partial charge in [0, 0.05) is 7.05 Å². The zero-order chi connectivity index (χ0) is 15.1. The molecule has 4 nitrogen and oxygen atoms in total. The van der Waals surface area contributed by atoms with E-state index in [9.17, 15) is 4.79 Å². The monoisotopic (exact) mass is 285 g/mol. The molecule has 2 aromatic rings. The van der Waals surface area contributed by atoms with Crippen LogP contribution in [0.5, 0.6) is 5.75 Å². The van der Waals surface area contributed by atoms with E-state index < -0.39 is 0 Å². The molecule has 0 fully saturated rings. The summed E-state index contributed by atoms with van der Waals surface area (Å²) in [5.74, 6) is 0.508. The summed E-state index contributed by atoms with van der Waals surface area (Å²) >= 11 is 0. The van der Waals surface area contributed by atoms with Crippen LogP contribution in [-0.4, -0.2) is 33.3 Å². The lowest BCUT2D eigenvalue weighted by Gasteiger charge is -2.21. The molecular formula is C17H19NO3. The highest BCUT2D eigenvalue weighted by Crippen LogP contribution is 2.20. The Morgan fingerprint density at radius 3 is 2.43 bits per heavy atom. The average Bonchev–Trinajstić information content (AvgIpc) is 2.55.